The van der Waals surface area contributed by atoms with Crippen LogP contribution >= 0.6 is 11.8 Å². The topological polar surface area (TPSA) is 205 Å². The summed E-state index contributed by atoms with van der Waals surface area (Å²) in [5.74, 6) is -2.32. The van der Waals surface area contributed by atoms with Gasteiger partial charge in [-0.3, -0.25) is 14.4 Å². The van der Waals surface area contributed by atoms with E-state index in [-0.39, 0.29) is 19.3 Å². The van der Waals surface area contributed by atoms with Gasteiger partial charge in [-0.25, -0.2) is 9.78 Å². The fourth-order valence-corrected chi connectivity index (χ4v) is 3.40. The summed E-state index contributed by atoms with van der Waals surface area (Å²) in [6.45, 7) is 1.91. The van der Waals surface area contributed by atoms with Crippen molar-refractivity contribution in [2.75, 3.05) is 18.6 Å². The summed E-state index contributed by atoms with van der Waals surface area (Å²) in [7, 11) is 0. The zero-order valence-corrected chi connectivity index (χ0v) is 19.8. The lowest BCUT2D eigenvalue weighted by Crippen LogP contribution is -2.57. The molecule has 0 saturated carbocycles. The van der Waals surface area contributed by atoms with Gasteiger partial charge in [0.1, 0.15) is 18.1 Å². The number of unbranched alkanes of at least 4 members (excludes halogenated alkanes) is 1. The Bertz CT molecular complexity index is 760. The minimum Gasteiger partial charge on any atom is -0.480 e. The van der Waals surface area contributed by atoms with Crippen molar-refractivity contribution in [3.05, 3.63) is 18.2 Å². The number of aromatic nitrogens is 2. The Labute approximate surface area is 197 Å². The van der Waals surface area contributed by atoms with E-state index in [9.17, 15) is 24.3 Å². The number of carbonyl (C=O) groups excluding carboxylic acids is 3. The second-order valence-electron chi connectivity index (χ2n) is 7.66. The number of amides is 3. The Morgan fingerprint density at radius 1 is 1.06 bits per heavy atom. The highest BCUT2D eigenvalue weighted by Crippen LogP contribution is 2.07. The van der Waals surface area contributed by atoms with E-state index >= 15 is 0 Å². The van der Waals surface area contributed by atoms with Crippen molar-refractivity contribution in [3.63, 3.8) is 0 Å². The Kier molecular flexibility index (Phi) is 13.1. The molecule has 0 aromatic carbocycles. The zero-order chi connectivity index (χ0) is 24.8. The minimum absolute atomic E-state index is 0.104. The fourth-order valence-electron chi connectivity index (χ4n) is 2.93. The van der Waals surface area contributed by atoms with Crippen LogP contribution < -0.4 is 27.4 Å². The van der Waals surface area contributed by atoms with Gasteiger partial charge in [0.05, 0.1) is 12.4 Å². The van der Waals surface area contributed by atoms with Crippen LogP contribution in [0.25, 0.3) is 0 Å². The van der Waals surface area contributed by atoms with E-state index in [1.54, 1.807) is 0 Å². The Hall–Kier alpha value is -2.64. The number of carboxylic acids is 1. The monoisotopic (exact) mass is 485 g/mol. The van der Waals surface area contributed by atoms with Gasteiger partial charge in [0, 0.05) is 18.3 Å². The maximum atomic E-state index is 13.0. The number of H-pyrrole nitrogens is 1. The summed E-state index contributed by atoms with van der Waals surface area (Å²) in [6, 6.07) is -3.91. The van der Waals surface area contributed by atoms with Crippen LogP contribution in [0.4, 0.5) is 0 Å². The van der Waals surface area contributed by atoms with Crippen LogP contribution in [0.15, 0.2) is 12.5 Å². The number of carbonyl (C=O) groups is 4. The number of hydrogen-bond acceptors (Lipinski definition) is 8. The van der Waals surface area contributed by atoms with E-state index < -0.39 is 47.9 Å². The molecule has 1 aromatic rings. The molecule has 0 radical (unpaired) electrons. The molecule has 1 heterocycles. The second kappa shape index (κ2) is 15.2. The number of imidazole rings is 1. The first-order valence-corrected chi connectivity index (χ1v) is 12.1. The summed E-state index contributed by atoms with van der Waals surface area (Å²) >= 11 is 1.47. The zero-order valence-electron chi connectivity index (χ0n) is 19.0. The third-order valence-electron chi connectivity index (χ3n) is 4.83. The lowest BCUT2D eigenvalue weighted by molar-refractivity contribution is -0.142. The van der Waals surface area contributed by atoms with E-state index in [1.165, 1.54) is 31.2 Å². The molecule has 1 aromatic heterocycles. The van der Waals surface area contributed by atoms with Crippen LogP contribution in [0.5, 0.6) is 0 Å². The summed E-state index contributed by atoms with van der Waals surface area (Å²) in [5, 5.41) is 17.2. The molecule has 0 fully saturated rings. The van der Waals surface area contributed by atoms with Crippen molar-refractivity contribution < 1.29 is 24.3 Å². The first-order valence-electron chi connectivity index (χ1n) is 10.7. The molecule has 0 aliphatic heterocycles. The standard InChI is InChI=1S/C20H35N7O5S/c1-12(22)17(28)27-16(9-13-10-23-11-24-13)19(30)25-14(5-3-4-7-21)18(29)26-15(20(31)32)6-8-33-2/h10-12,14-16H,3-9,21-22H2,1-2H3,(H,23,24)(H,25,30)(H,26,29)(H,27,28)(H,31,32). The minimum atomic E-state index is -1.15. The second-order valence-corrected chi connectivity index (χ2v) is 8.64. The number of nitrogens with zero attached hydrogens (tertiary/aromatic N) is 1. The molecule has 0 aliphatic carbocycles. The molecular formula is C20H35N7O5S. The average molecular weight is 486 g/mol. The molecule has 0 saturated heterocycles. The molecular weight excluding hydrogens is 450 g/mol. The number of aromatic amines is 1. The fraction of sp³-hybridized carbons (Fsp3) is 0.650. The van der Waals surface area contributed by atoms with Gasteiger partial charge in [-0.05, 0) is 51.2 Å². The van der Waals surface area contributed by atoms with Crippen LogP contribution in [-0.2, 0) is 25.6 Å². The van der Waals surface area contributed by atoms with Crippen molar-refractivity contribution in [2.45, 2.75) is 63.2 Å². The quantitative estimate of drug-likeness (QED) is 0.139. The summed E-state index contributed by atoms with van der Waals surface area (Å²) in [6.07, 6.45) is 6.61. The van der Waals surface area contributed by atoms with E-state index in [0.29, 0.717) is 30.8 Å². The Balaban J connectivity index is 2.97. The Morgan fingerprint density at radius 2 is 1.70 bits per heavy atom. The maximum Gasteiger partial charge on any atom is 0.326 e. The van der Waals surface area contributed by atoms with Gasteiger partial charge in [0.25, 0.3) is 0 Å². The van der Waals surface area contributed by atoms with Gasteiger partial charge in [0.2, 0.25) is 17.7 Å². The van der Waals surface area contributed by atoms with Crippen molar-refractivity contribution in [1.29, 1.82) is 0 Å². The normalized spacial score (nSPS) is 14.5. The summed E-state index contributed by atoms with van der Waals surface area (Å²) in [5.41, 5.74) is 11.8. The number of nitrogens with two attached hydrogens (primary N) is 2. The first-order chi connectivity index (χ1) is 15.7. The highest BCUT2D eigenvalue weighted by molar-refractivity contribution is 7.98. The van der Waals surface area contributed by atoms with E-state index in [1.807, 2.05) is 6.26 Å². The highest BCUT2D eigenvalue weighted by atomic mass is 32.2. The van der Waals surface area contributed by atoms with Crippen LogP contribution in [0.1, 0.15) is 38.3 Å². The predicted octanol–water partition coefficient (Wildman–Crippen LogP) is -1.28. The first kappa shape index (κ1) is 28.4. The molecule has 186 valence electrons. The molecule has 0 aliphatic rings. The third kappa shape index (κ3) is 10.7. The van der Waals surface area contributed by atoms with Gasteiger partial charge in [0.15, 0.2) is 0 Å². The van der Waals surface area contributed by atoms with E-state index in [2.05, 4.69) is 25.9 Å². The lowest BCUT2D eigenvalue weighted by Gasteiger charge is -2.25. The van der Waals surface area contributed by atoms with Gasteiger partial charge in [-0.15, -0.1) is 0 Å². The molecule has 0 bridgehead atoms. The molecule has 1 rings (SSSR count). The van der Waals surface area contributed by atoms with Crippen LogP contribution in [0.2, 0.25) is 0 Å². The summed E-state index contributed by atoms with van der Waals surface area (Å²) in [4.78, 5) is 56.3. The molecule has 3 amide bonds. The highest BCUT2D eigenvalue weighted by Gasteiger charge is 2.30. The van der Waals surface area contributed by atoms with Crippen LogP contribution in [0.3, 0.4) is 0 Å². The lowest BCUT2D eigenvalue weighted by atomic mass is 10.1. The predicted molar refractivity (Wildman–Crippen MR) is 125 cm³/mol. The van der Waals surface area contributed by atoms with Gasteiger partial charge < -0.3 is 37.5 Å². The largest absolute Gasteiger partial charge is 0.480 e. The maximum absolute atomic E-state index is 13.0. The molecule has 33 heavy (non-hydrogen) atoms. The average Bonchev–Trinajstić information content (AvgIpc) is 3.28. The van der Waals surface area contributed by atoms with Crippen molar-refractivity contribution in [1.82, 2.24) is 25.9 Å². The van der Waals surface area contributed by atoms with Gasteiger partial charge in [-0.2, -0.15) is 11.8 Å². The Morgan fingerprint density at radius 3 is 2.24 bits per heavy atom. The summed E-state index contributed by atoms with van der Waals surface area (Å²) < 4.78 is 0. The number of nitrogens with one attached hydrogen (secondary N) is 4. The third-order valence-corrected chi connectivity index (χ3v) is 5.47. The SMILES string of the molecule is CSCCC(NC(=O)C(CCCCN)NC(=O)C(Cc1cnc[nH]1)NC(=O)C(C)N)C(=O)O. The van der Waals surface area contributed by atoms with E-state index in [4.69, 9.17) is 11.5 Å². The van der Waals surface area contributed by atoms with Gasteiger partial charge in [-0.1, -0.05) is 0 Å². The smallest absolute Gasteiger partial charge is 0.326 e. The number of hydrogen-bond donors (Lipinski definition) is 7. The molecule has 4 atom stereocenters. The number of carboxylic acid groups (broad SMARTS) is 1. The van der Waals surface area contributed by atoms with Crippen LogP contribution in [-0.4, -0.2) is 81.5 Å². The molecule has 4 unspecified atom stereocenters. The molecule has 13 heteroatoms. The molecule has 9 N–H and O–H groups in total. The number of aliphatic carboxylic acids is 1. The van der Waals surface area contributed by atoms with Crippen LogP contribution in [0, 0.1) is 0 Å². The van der Waals surface area contributed by atoms with E-state index in [0.717, 1.165) is 0 Å². The van der Waals surface area contributed by atoms with Crippen molar-refractivity contribution in [2.24, 2.45) is 11.5 Å². The van der Waals surface area contributed by atoms with Crippen molar-refractivity contribution in [3.8, 4) is 0 Å². The number of thioether (sulfide) groups is 1. The number of rotatable bonds is 16. The van der Waals surface area contributed by atoms with Crippen molar-refractivity contribution >= 4 is 35.5 Å². The molecule has 0 spiro atoms. The molecule has 12 nitrogen and oxygen atoms in total. The van der Waals surface area contributed by atoms with Gasteiger partial charge >= 0.3 is 5.97 Å².